The fraction of sp³-hybridized carbons (Fsp3) is 0.455. The molecule has 0 saturated heterocycles. The SMILES string of the molecule is CCC(CO)(CO)NC(=O)c1cncc(O)c1. The number of carbonyl (C=O) groups excluding carboxylic acids is 1. The average Bonchev–Trinajstić information content (AvgIpc) is 2.36. The highest BCUT2D eigenvalue weighted by Crippen LogP contribution is 2.12. The number of hydrogen-bond donors (Lipinski definition) is 4. The number of aliphatic hydroxyl groups is 2. The Kier molecular flexibility index (Phi) is 4.42. The van der Waals surface area contributed by atoms with Crippen molar-refractivity contribution in [3.05, 3.63) is 24.0 Å². The third kappa shape index (κ3) is 3.15. The van der Waals surface area contributed by atoms with Gasteiger partial charge in [-0.25, -0.2) is 0 Å². The van der Waals surface area contributed by atoms with Crippen molar-refractivity contribution in [2.45, 2.75) is 18.9 Å². The summed E-state index contributed by atoms with van der Waals surface area (Å²) in [5.74, 6) is -0.619. The van der Waals surface area contributed by atoms with Crippen molar-refractivity contribution in [1.29, 1.82) is 0 Å². The van der Waals surface area contributed by atoms with E-state index < -0.39 is 11.4 Å². The van der Waals surface area contributed by atoms with Crippen molar-refractivity contribution in [3.8, 4) is 5.75 Å². The fourth-order valence-electron chi connectivity index (χ4n) is 1.31. The van der Waals surface area contributed by atoms with Crippen LogP contribution in [-0.4, -0.2) is 45.0 Å². The van der Waals surface area contributed by atoms with Gasteiger partial charge in [0, 0.05) is 6.20 Å². The van der Waals surface area contributed by atoms with Crippen molar-refractivity contribution in [2.24, 2.45) is 0 Å². The molecule has 1 rings (SSSR count). The molecule has 0 aliphatic heterocycles. The Morgan fingerprint density at radius 1 is 1.41 bits per heavy atom. The molecule has 0 saturated carbocycles. The number of nitrogens with one attached hydrogen (secondary N) is 1. The minimum absolute atomic E-state index is 0.118. The number of aromatic hydroxyl groups is 1. The number of carbonyl (C=O) groups is 1. The van der Waals surface area contributed by atoms with Gasteiger partial charge in [0.15, 0.2) is 0 Å². The topological polar surface area (TPSA) is 103 Å². The third-order valence-corrected chi connectivity index (χ3v) is 2.65. The van der Waals surface area contributed by atoms with Gasteiger partial charge in [-0.15, -0.1) is 0 Å². The first kappa shape index (κ1) is 13.4. The Morgan fingerprint density at radius 2 is 2.06 bits per heavy atom. The van der Waals surface area contributed by atoms with Gasteiger partial charge in [0.1, 0.15) is 5.75 Å². The molecule has 0 unspecified atom stereocenters. The number of aliphatic hydroxyl groups excluding tert-OH is 2. The smallest absolute Gasteiger partial charge is 0.253 e. The summed E-state index contributed by atoms with van der Waals surface area (Å²) in [5, 5.41) is 30.1. The normalized spacial score (nSPS) is 11.2. The van der Waals surface area contributed by atoms with Gasteiger partial charge in [0.2, 0.25) is 0 Å². The molecule has 0 atom stereocenters. The Morgan fingerprint density at radius 3 is 2.53 bits per heavy atom. The molecule has 6 heteroatoms. The van der Waals surface area contributed by atoms with Crippen LogP contribution < -0.4 is 5.32 Å². The van der Waals surface area contributed by atoms with Gasteiger partial charge in [-0.1, -0.05) is 6.92 Å². The molecule has 1 aromatic rings. The Balaban J connectivity index is 2.84. The summed E-state index contributed by atoms with van der Waals surface area (Å²) < 4.78 is 0. The lowest BCUT2D eigenvalue weighted by molar-refractivity contribution is 0.0652. The van der Waals surface area contributed by atoms with E-state index in [1.54, 1.807) is 6.92 Å². The Labute approximate surface area is 98.9 Å². The van der Waals surface area contributed by atoms with E-state index in [1.807, 2.05) is 0 Å². The van der Waals surface area contributed by atoms with E-state index in [9.17, 15) is 20.1 Å². The molecule has 0 fully saturated rings. The lowest BCUT2D eigenvalue weighted by atomic mass is 9.98. The second-order valence-corrected chi connectivity index (χ2v) is 3.84. The van der Waals surface area contributed by atoms with E-state index in [1.165, 1.54) is 18.5 Å². The zero-order valence-corrected chi connectivity index (χ0v) is 9.55. The number of aromatic nitrogens is 1. The average molecular weight is 240 g/mol. The van der Waals surface area contributed by atoms with Crippen molar-refractivity contribution >= 4 is 5.91 Å². The number of amides is 1. The van der Waals surface area contributed by atoms with E-state index >= 15 is 0 Å². The first-order valence-corrected chi connectivity index (χ1v) is 5.25. The highest BCUT2D eigenvalue weighted by Gasteiger charge is 2.29. The van der Waals surface area contributed by atoms with E-state index in [4.69, 9.17) is 0 Å². The second kappa shape index (κ2) is 5.60. The lowest BCUT2D eigenvalue weighted by Crippen LogP contribution is -2.53. The Hall–Kier alpha value is -1.66. The van der Waals surface area contributed by atoms with Crippen LogP contribution in [0.2, 0.25) is 0 Å². The largest absolute Gasteiger partial charge is 0.506 e. The van der Waals surface area contributed by atoms with Crippen LogP contribution in [-0.2, 0) is 0 Å². The maximum Gasteiger partial charge on any atom is 0.253 e. The molecule has 0 aliphatic carbocycles. The van der Waals surface area contributed by atoms with Crippen molar-refractivity contribution in [3.63, 3.8) is 0 Å². The van der Waals surface area contributed by atoms with Crippen LogP contribution in [0.1, 0.15) is 23.7 Å². The fourth-order valence-corrected chi connectivity index (χ4v) is 1.31. The summed E-state index contributed by atoms with van der Waals surface area (Å²) in [6, 6.07) is 1.26. The van der Waals surface area contributed by atoms with Crippen LogP contribution in [0.5, 0.6) is 5.75 Å². The quantitative estimate of drug-likeness (QED) is 0.563. The molecule has 94 valence electrons. The molecule has 1 heterocycles. The van der Waals surface area contributed by atoms with Gasteiger partial charge in [-0.3, -0.25) is 9.78 Å². The minimum atomic E-state index is -1.05. The highest BCUT2D eigenvalue weighted by molar-refractivity contribution is 5.94. The summed E-state index contributed by atoms with van der Waals surface area (Å²) >= 11 is 0. The van der Waals surface area contributed by atoms with Crippen LogP contribution >= 0.6 is 0 Å². The summed E-state index contributed by atoms with van der Waals surface area (Å²) in [5.41, 5.74) is -0.882. The first-order chi connectivity index (χ1) is 8.06. The molecule has 1 amide bonds. The predicted octanol–water partition coefficient (Wildman–Crippen LogP) is -0.350. The monoisotopic (exact) mass is 240 g/mol. The van der Waals surface area contributed by atoms with E-state index in [-0.39, 0.29) is 24.5 Å². The Bertz CT molecular complexity index is 383. The molecule has 0 radical (unpaired) electrons. The van der Waals surface area contributed by atoms with E-state index in [0.717, 1.165) is 0 Å². The van der Waals surface area contributed by atoms with Crippen molar-refractivity contribution in [1.82, 2.24) is 10.3 Å². The summed E-state index contributed by atoms with van der Waals surface area (Å²) in [6.45, 7) is 1.02. The number of pyridine rings is 1. The molecule has 6 nitrogen and oxygen atoms in total. The summed E-state index contributed by atoms with van der Waals surface area (Å²) in [7, 11) is 0. The van der Waals surface area contributed by atoms with Crippen molar-refractivity contribution in [2.75, 3.05) is 13.2 Å². The third-order valence-electron chi connectivity index (χ3n) is 2.65. The maximum atomic E-state index is 11.8. The molecular weight excluding hydrogens is 224 g/mol. The highest BCUT2D eigenvalue weighted by atomic mass is 16.3. The second-order valence-electron chi connectivity index (χ2n) is 3.84. The van der Waals surface area contributed by atoms with Gasteiger partial charge >= 0.3 is 0 Å². The molecule has 1 aromatic heterocycles. The minimum Gasteiger partial charge on any atom is -0.506 e. The first-order valence-electron chi connectivity index (χ1n) is 5.25. The standard InChI is InChI=1S/C11H16N2O4/c1-2-11(6-14,7-15)13-10(17)8-3-9(16)5-12-4-8/h3-5,14-16H,2,6-7H2,1H3,(H,13,17). The molecular formula is C11H16N2O4. The number of nitrogens with zero attached hydrogens (tertiary/aromatic N) is 1. The van der Waals surface area contributed by atoms with Gasteiger partial charge in [-0.2, -0.15) is 0 Å². The van der Waals surface area contributed by atoms with Crippen LogP contribution in [0, 0.1) is 0 Å². The van der Waals surface area contributed by atoms with Crippen LogP contribution in [0.4, 0.5) is 0 Å². The molecule has 4 N–H and O–H groups in total. The molecule has 0 aliphatic rings. The van der Waals surface area contributed by atoms with Gasteiger partial charge < -0.3 is 20.6 Å². The van der Waals surface area contributed by atoms with Gasteiger partial charge in [-0.05, 0) is 12.5 Å². The van der Waals surface area contributed by atoms with Crippen LogP contribution in [0.15, 0.2) is 18.5 Å². The van der Waals surface area contributed by atoms with Crippen LogP contribution in [0.25, 0.3) is 0 Å². The lowest BCUT2D eigenvalue weighted by Gasteiger charge is -2.29. The van der Waals surface area contributed by atoms with Crippen LogP contribution in [0.3, 0.4) is 0 Å². The summed E-state index contributed by atoms with van der Waals surface area (Å²) in [6.07, 6.45) is 2.89. The number of rotatable bonds is 5. The molecule has 0 spiro atoms. The van der Waals surface area contributed by atoms with Gasteiger partial charge in [0.25, 0.3) is 5.91 Å². The number of hydrogen-bond acceptors (Lipinski definition) is 5. The zero-order chi connectivity index (χ0) is 12.9. The van der Waals surface area contributed by atoms with Crippen molar-refractivity contribution < 1.29 is 20.1 Å². The molecule has 0 aromatic carbocycles. The molecule has 0 bridgehead atoms. The molecule has 17 heavy (non-hydrogen) atoms. The van der Waals surface area contributed by atoms with E-state index in [2.05, 4.69) is 10.3 Å². The maximum absolute atomic E-state index is 11.8. The van der Waals surface area contributed by atoms with E-state index in [0.29, 0.717) is 6.42 Å². The summed E-state index contributed by atoms with van der Waals surface area (Å²) in [4.78, 5) is 15.5. The predicted molar refractivity (Wildman–Crippen MR) is 60.6 cm³/mol. The zero-order valence-electron chi connectivity index (χ0n) is 9.55. The van der Waals surface area contributed by atoms with Gasteiger partial charge in [0.05, 0.1) is 30.5 Å².